The van der Waals surface area contributed by atoms with Crippen LogP contribution in [0.5, 0.6) is 0 Å². The van der Waals surface area contributed by atoms with Gasteiger partial charge in [0, 0.05) is 11.9 Å². The van der Waals surface area contributed by atoms with Crippen LogP contribution in [-0.2, 0) is 11.2 Å². The number of amides is 1. The van der Waals surface area contributed by atoms with Crippen LogP contribution in [0.2, 0.25) is 5.15 Å². The number of pyridine rings is 1. The molecule has 0 saturated carbocycles. The Kier molecular flexibility index (Phi) is 5.34. The lowest BCUT2D eigenvalue weighted by atomic mass is 10.1. The highest BCUT2D eigenvalue weighted by Crippen LogP contribution is 2.18. The van der Waals surface area contributed by atoms with Gasteiger partial charge in [-0.15, -0.1) is 0 Å². The summed E-state index contributed by atoms with van der Waals surface area (Å²) in [5, 5.41) is 14.7. The second-order valence-corrected chi connectivity index (χ2v) is 5.09. The molecule has 6 heteroatoms. The van der Waals surface area contributed by atoms with E-state index in [-0.39, 0.29) is 11.1 Å². The molecule has 0 aliphatic carbocycles. The molecule has 112 valence electrons. The Morgan fingerprint density at radius 3 is 2.73 bits per heavy atom. The van der Waals surface area contributed by atoms with Gasteiger partial charge in [0.1, 0.15) is 6.04 Å². The van der Waals surface area contributed by atoms with Crippen molar-refractivity contribution in [2.24, 2.45) is 0 Å². The fourth-order valence-electron chi connectivity index (χ4n) is 1.85. The van der Waals surface area contributed by atoms with E-state index in [2.05, 4.69) is 21.7 Å². The van der Waals surface area contributed by atoms with Gasteiger partial charge in [-0.05, 0) is 36.8 Å². The molecule has 2 N–H and O–H groups in total. The zero-order valence-electron chi connectivity index (χ0n) is 12.0. The van der Waals surface area contributed by atoms with E-state index in [1.54, 1.807) is 25.3 Å². The van der Waals surface area contributed by atoms with E-state index in [0.717, 1.165) is 11.3 Å². The predicted molar refractivity (Wildman–Crippen MR) is 86.7 cm³/mol. The monoisotopic (exact) mass is 314 g/mol. The third-order valence-electron chi connectivity index (χ3n) is 3.03. The van der Waals surface area contributed by atoms with Crippen LogP contribution in [0.15, 0.2) is 42.6 Å². The van der Waals surface area contributed by atoms with Crippen molar-refractivity contribution in [3.05, 3.63) is 53.3 Å². The summed E-state index contributed by atoms with van der Waals surface area (Å²) < 4.78 is 0. The summed E-state index contributed by atoms with van der Waals surface area (Å²) in [7, 11) is 0. The van der Waals surface area contributed by atoms with Crippen LogP contribution >= 0.6 is 11.6 Å². The number of hydrogen-bond acceptors (Lipinski definition) is 4. The lowest BCUT2D eigenvalue weighted by molar-refractivity contribution is -0.116. The van der Waals surface area contributed by atoms with Gasteiger partial charge in [0.2, 0.25) is 5.91 Å². The highest BCUT2D eigenvalue weighted by Gasteiger charge is 2.14. The smallest absolute Gasteiger partial charge is 0.246 e. The van der Waals surface area contributed by atoms with Gasteiger partial charge in [0.25, 0.3) is 0 Å². The molecule has 2 rings (SSSR count). The van der Waals surface area contributed by atoms with Crippen molar-refractivity contribution in [3.8, 4) is 6.07 Å². The van der Waals surface area contributed by atoms with Gasteiger partial charge < -0.3 is 10.6 Å². The molecule has 22 heavy (non-hydrogen) atoms. The van der Waals surface area contributed by atoms with Crippen LogP contribution in [0, 0.1) is 11.3 Å². The second-order valence-electron chi connectivity index (χ2n) is 4.73. The number of nitrogens with zero attached hydrogens (tertiary/aromatic N) is 2. The van der Waals surface area contributed by atoms with E-state index in [9.17, 15) is 4.79 Å². The number of halogens is 1. The topological polar surface area (TPSA) is 77.8 Å². The Morgan fingerprint density at radius 2 is 2.09 bits per heavy atom. The highest BCUT2D eigenvalue weighted by molar-refractivity contribution is 6.32. The van der Waals surface area contributed by atoms with E-state index < -0.39 is 6.04 Å². The molecule has 1 aromatic carbocycles. The highest BCUT2D eigenvalue weighted by atomic mass is 35.5. The molecule has 0 bridgehead atoms. The molecule has 1 aromatic heterocycles. The SMILES string of the molecule is CC(Nc1ccc(CC#N)cc1)C(=O)Nc1cccnc1Cl. The quantitative estimate of drug-likeness (QED) is 0.830. The molecule has 1 heterocycles. The summed E-state index contributed by atoms with van der Waals surface area (Å²) in [6, 6.07) is 12.4. The fourth-order valence-corrected chi connectivity index (χ4v) is 2.01. The molecular formula is C16H15ClN4O. The van der Waals surface area contributed by atoms with Crippen LogP contribution in [0.3, 0.4) is 0 Å². The maximum absolute atomic E-state index is 12.1. The molecule has 1 amide bonds. The molecule has 2 aromatic rings. The van der Waals surface area contributed by atoms with E-state index in [1.165, 1.54) is 0 Å². The van der Waals surface area contributed by atoms with Crippen LogP contribution in [0.1, 0.15) is 12.5 Å². The van der Waals surface area contributed by atoms with Crippen molar-refractivity contribution < 1.29 is 4.79 Å². The number of anilines is 2. The minimum atomic E-state index is -0.446. The summed E-state index contributed by atoms with van der Waals surface area (Å²) in [4.78, 5) is 16.0. The zero-order chi connectivity index (χ0) is 15.9. The average Bonchev–Trinajstić information content (AvgIpc) is 2.51. The molecule has 1 atom stereocenters. The largest absolute Gasteiger partial charge is 0.374 e. The van der Waals surface area contributed by atoms with Gasteiger partial charge in [-0.2, -0.15) is 5.26 Å². The number of carbonyl (C=O) groups is 1. The molecule has 0 aliphatic heterocycles. The van der Waals surface area contributed by atoms with Crippen LogP contribution in [0.4, 0.5) is 11.4 Å². The van der Waals surface area contributed by atoms with Crippen LogP contribution in [0.25, 0.3) is 0 Å². The maximum atomic E-state index is 12.1. The number of aromatic nitrogens is 1. The summed E-state index contributed by atoms with van der Waals surface area (Å²) >= 11 is 5.91. The third kappa shape index (κ3) is 4.21. The van der Waals surface area contributed by atoms with Gasteiger partial charge >= 0.3 is 0 Å². The lowest BCUT2D eigenvalue weighted by Gasteiger charge is -2.15. The Labute approximate surface area is 133 Å². The van der Waals surface area contributed by atoms with Gasteiger partial charge in [0.15, 0.2) is 5.15 Å². The number of rotatable bonds is 5. The Hall–Kier alpha value is -2.58. The first-order chi connectivity index (χ1) is 10.6. The molecule has 0 radical (unpaired) electrons. The van der Waals surface area contributed by atoms with Gasteiger partial charge in [0.05, 0.1) is 18.2 Å². The number of benzene rings is 1. The molecule has 0 aliphatic rings. The van der Waals surface area contributed by atoms with E-state index in [0.29, 0.717) is 12.1 Å². The second kappa shape index (κ2) is 7.43. The van der Waals surface area contributed by atoms with Crippen LogP contribution in [-0.4, -0.2) is 16.9 Å². The molecular weight excluding hydrogens is 300 g/mol. The fraction of sp³-hybridized carbons (Fsp3) is 0.188. The molecule has 1 unspecified atom stereocenters. The van der Waals surface area contributed by atoms with Crippen molar-refractivity contribution in [2.45, 2.75) is 19.4 Å². The first-order valence-electron chi connectivity index (χ1n) is 6.74. The summed E-state index contributed by atoms with van der Waals surface area (Å²) in [5.41, 5.74) is 2.22. The van der Waals surface area contributed by atoms with E-state index in [1.807, 2.05) is 24.3 Å². The first-order valence-corrected chi connectivity index (χ1v) is 7.11. The molecule has 0 spiro atoms. The zero-order valence-corrected chi connectivity index (χ0v) is 12.8. The Bertz CT molecular complexity index is 694. The summed E-state index contributed by atoms with van der Waals surface area (Å²) in [5.74, 6) is -0.212. The first kappa shape index (κ1) is 15.8. The predicted octanol–water partition coefficient (Wildman–Crippen LogP) is 3.24. The number of nitriles is 1. The van der Waals surface area contributed by atoms with Crippen molar-refractivity contribution in [3.63, 3.8) is 0 Å². The van der Waals surface area contributed by atoms with Crippen molar-refractivity contribution >= 4 is 28.9 Å². The Morgan fingerprint density at radius 1 is 1.36 bits per heavy atom. The van der Waals surface area contributed by atoms with Gasteiger partial charge in [-0.1, -0.05) is 23.7 Å². The van der Waals surface area contributed by atoms with Crippen molar-refractivity contribution in [1.29, 1.82) is 5.26 Å². The van der Waals surface area contributed by atoms with Crippen molar-refractivity contribution in [2.75, 3.05) is 10.6 Å². The summed E-state index contributed by atoms with van der Waals surface area (Å²) in [6.45, 7) is 1.75. The number of carbonyl (C=O) groups excluding carboxylic acids is 1. The lowest BCUT2D eigenvalue weighted by Crippen LogP contribution is -2.32. The van der Waals surface area contributed by atoms with E-state index in [4.69, 9.17) is 16.9 Å². The average molecular weight is 315 g/mol. The minimum Gasteiger partial charge on any atom is -0.374 e. The number of nitrogens with one attached hydrogen (secondary N) is 2. The standard InChI is InChI=1S/C16H15ClN4O/c1-11(16(22)21-14-3-2-10-19-15(14)17)20-13-6-4-12(5-7-13)8-9-18/h2-7,10-11,20H,8H2,1H3,(H,21,22). The normalized spacial score (nSPS) is 11.3. The maximum Gasteiger partial charge on any atom is 0.246 e. The molecule has 0 saturated heterocycles. The van der Waals surface area contributed by atoms with Gasteiger partial charge in [-0.3, -0.25) is 4.79 Å². The number of hydrogen-bond donors (Lipinski definition) is 2. The molecule has 5 nitrogen and oxygen atoms in total. The Balaban J connectivity index is 1.96. The van der Waals surface area contributed by atoms with Crippen molar-refractivity contribution in [1.82, 2.24) is 4.98 Å². The minimum absolute atomic E-state index is 0.212. The third-order valence-corrected chi connectivity index (χ3v) is 3.33. The van der Waals surface area contributed by atoms with E-state index >= 15 is 0 Å². The summed E-state index contributed by atoms with van der Waals surface area (Å²) in [6.07, 6.45) is 1.93. The van der Waals surface area contributed by atoms with Crippen LogP contribution < -0.4 is 10.6 Å². The molecule has 0 fully saturated rings. The van der Waals surface area contributed by atoms with Gasteiger partial charge in [-0.25, -0.2) is 4.98 Å².